The van der Waals surface area contributed by atoms with Crippen LogP contribution in [-0.4, -0.2) is 33.5 Å². The molecule has 0 aromatic carbocycles. The fraction of sp³-hybridized carbons (Fsp3) is 0.409. The molecule has 0 rings (SSSR count). The zero-order valence-corrected chi connectivity index (χ0v) is 15.6. The number of carbonyl (C=O) groups is 1. The average Bonchev–Trinajstić information content (AvgIpc) is 2.60. The third-order valence-corrected chi connectivity index (χ3v) is 3.29. The van der Waals surface area contributed by atoms with Crippen molar-refractivity contribution in [3.05, 3.63) is 72.9 Å². The van der Waals surface area contributed by atoms with Crippen molar-refractivity contribution in [3.8, 4) is 0 Å². The van der Waals surface area contributed by atoms with Crippen LogP contribution in [0.3, 0.4) is 0 Å². The van der Waals surface area contributed by atoms with E-state index in [4.69, 9.17) is 5.11 Å². The van der Waals surface area contributed by atoms with Gasteiger partial charge >= 0.3 is 5.97 Å². The van der Waals surface area contributed by atoms with E-state index in [9.17, 15) is 15.0 Å². The molecule has 0 amide bonds. The van der Waals surface area contributed by atoms with E-state index in [1.807, 2.05) is 12.2 Å². The van der Waals surface area contributed by atoms with Crippen LogP contribution in [0, 0.1) is 0 Å². The maximum atomic E-state index is 10.3. The Morgan fingerprint density at radius 3 is 1.88 bits per heavy atom. The second kappa shape index (κ2) is 17.6. The Kier molecular flexibility index (Phi) is 16.2. The van der Waals surface area contributed by atoms with Crippen molar-refractivity contribution in [2.75, 3.05) is 0 Å². The molecule has 0 aliphatic heterocycles. The Morgan fingerprint density at radius 2 is 1.35 bits per heavy atom. The van der Waals surface area contributed by atoms with Gasteiger partial charge in [-0.3, -0.25) is 4.79 Å². The van der Waals surface area contributed by atoms with Crippen molar-refractivity contribution < 1.29 is 20.1 Å². The molecule has 3 N–H and O–H groups in total. The molecule has 0 bridgehead atoms. The zero-order valence-electron chi connectivity index (χ0n) is 15.6. The van der Waals surface area contributed by atoms with Crippen LogP contribution in [0.25, 0.3) is 0 Å². The van der Waals surface area contributed by atoms with Gasteiger partial charge in [-0.05, 0) is 32.1 Å². The summed E-state index contributed by atoms with van der Waals surface area (Å²) in [6.45, 7) is 2.10. The number of carboxylic acids is 1. The van der Waals surface area contributed by atoms with Gasteiger partial charge in [0.25, 0.3) is 0 Å². The molecule has 0 saturated heterocycles. The summed E-state index contributed by atoms with van der Waals surface area (Å²) < 4.78 is 0. The molecule has 26 heavy (non-hydrogen) atoms. The van der Waals surface area contributed by atoms with Crippen molar-refractivity contribution in [3.63, 3.8) is 0 Å². The van der Waals surface area contributed by atoms with Gasteiger partial charge in [-0.2, -0.15) is 0 Å². The maximum absolute atomic E-state index is 10.3. The van der Waals surface area contributed by atoms with Gasteiger partial charge in [-0.1, -0.05) is 79.8 Å². The molecule has 2 atom stereocenters. The highest BCUT2D eigenvalue weighted by atomic mass is 16.4. The molecular formula is C22H32O4. The molecule has 0 aromatic rings. The Labute approximate surface area is 157 Å². The first-order chi connectivity index (χ1) is 12.6. The van der Waals surface area contributed by atoms with Gasteiger partial charge in [0.15, 0.2) is 0 Å². The minimum atomic E-state index is -0.821. The van der Waals surface area contributed by atoms with Crippen molar-refractivity contribution in [2.45, 2.75) is 57.7 Å². The van der Waals surface area contributed by atoms with E-state index in [-0.39, 0.29) is 6.42 Å². The fourth-order valence-corrected chi connectivity index (χ4v) is 1.90. The molecule has 4 heteroatoms. The lowest BCUT2D eigenvalue weighted by molar-refractivity contribution is -0.136. The van der Waals surface area contributed by atoms with Crippen LogP contribution in [0.15, 0.2) is 72.9 Å². The highest BCUT2D eigenvalue weighted by Crippen LogP contribution is 2.00. The van der Waals surface area contributed by atoms with E-state index >= 15 is 0 Å². The number of aliphatic hydroxyl groups excluding tert-OH is 2. The molecule has 0 fully saturated rings. The van der Waals surface area contributed by atoms with Crippen LogP contribution >= 0.6 is 0 Å². The molecule has 0 heterocycles. The smallest absolute Gasteiger partial charge is 0.303 e. The molecule has 4 nitrogen and oxygen atoms in total. The molecule has 0 saturated carbocycles. The minimum absolute atomic E-state index is 0.106. The van der Waals surface area contributed by atoms with Gasteiger partial charge in [0, 0.05) is 6.42 Å². The van der Waals surface area contributed by atoms with Crippen LogP contribution < -0.4 is 0 Å². The Morgan fingerprint density at radius 1 is 0.808 bits per heavy atom. The standard InChI is InChI=1S/C22H32O4/c1-2-3-4-5-6-10-15-20(23)16-11-7-8-12-17-21(24)18-13-9-14-19-22(25)26/h3-4,6-13,16-17,20-21,23-24H,2,5,14-15,18-19H2,1H3,(H,25,26)/b4-3-,8-7-,10-6-,13-9-,16-11+,17-12?/t20-,21+/m0/s1. The monoisotopic (exact) mass is 360 g/mol. The molecule has 0 aliphatic carbocycles. The average molecular weight is 360 g/mol. The summed E-state index contributed by atoms with van der Waals surface area (Å²) in [7, 11) is 0. The summed E-state index contributed by atoms with van der Waals surface area (Å²) in [5.41, 5.74) is 0. The van der Waals surface area contributed by atoms with Crippen LogP contribution in [0.5, 0.6) is 0 Å². The van der Waals surface area contributed by atoms with E-state index in [0.29, 0.717) is 19.3 Å². The van der Waals surface area contributed by atoms with Crippen LogP contribution in [0.2, 0.25) is 0 Å². The van der Waals surface area contributed by atoms with Gasteiger partial charge in [-0.25, -0.2) is 0 Å². The van der Waals surface area contributed by atoms with Crippen molar-refractivity contribution in [2.24, 2.45) is 0 Å². The summed E-state index contributed by atoms with van der Waals surface area (Å²) in [6.07, 6.45) is 24.7. The molecule has 0 radical (unpaired) electrons. The van der Waals surface area contributed by atoms with Crippen molar-refractivity contribution in [1.29, 1.82) is 0 Å². The normalized spacial score (nSPS) is 15.5. The molecular weight excluding hydrogens is 328 g/mol. The topological polar surface area (TPSA) is 77.8 Å². The quantitative estimate of drug-likeness (QED) is 0.315. The highest BCUT2D eigenvalue weighted by Gasteiger charge is 1.95. The highest BCUT2D eigenvalue weighted by molar-refractivity contribution is 5.66. The number of hydrogen-bond acceptors (Lipinski definition) is 3. The number of hydrogen-bond donors (Lipinski definition) is 3. The number of rotatable bonds is 14. The molecule has 0 spiro atoms. The molecule has 144 valence electrons. The molecule has 0 aromatic heterocycles. The second-order valence-electron chi connectivity index (χ2n) is 5.75. The lowest BCUT2D eigenvalue weighted by Crippen LogP contribution is -1.99. The van der Waals surface area contributed by atoms with E-state index in [1.54, 1.807) is 48.6 Å². The number of aliphatic carboxylic acids is 1. The van der Waals surface area contributed by atoms with E-state index in [1.165, 1.54) is 0 Å². The van der Waals surface area contributed by atoms with Crippen molar-refractivity contribution in [1.82, 2.24) is 0 Å². The number of aliphatic hydroxyl groups is 2. The third kappa shape index (κ3) is 18.2. The SMILES string of the molecule is CC/C=C\C/C=C\C[C@H](O)/C=C/C=C\C=C[C@@H](O)C/C=C\CCC(=O)O. The summed E-state index contributed by atoms with van der Waals surface area (Å²) in [6, 6.07) is 0. The minimum Gasteiger partial charge on any atom is -0.481 e. The number of carboxylic acid groups (broad SMARTS) is 1. The first-order valence-electron chi connectivity index (χ1n) is 9.10. The Balaban J connectivity index is 3.91. The molecule has 0 aliphatic rings. The van der Waals surface area contributed by atoms with Gasteiger partial charge < -0.3 is 15.3 Å². The summed E-state index contributed by atoms with van der Waals surface area (Å²) in [5.74, 6) is -0.821. The lowest BCUT2D eigenvalue weighted by Gasteiger charge is -1.99. The second-order valence-corrected chi connectivity index (χ2v) is 5.75. The van der Waals surface area contributed by atoms with E-state index in [2.05, 4.69) is 19.1 Å². The van der Waals surface area contributed by atoms with Gasteiger partial charge in [0.1, 0.15) is 0 Å². The predicted octanol–water partition coefficient (Wildman–Crippen LogP) is 4.49. The van der Waals surface area contributed by atoms with Crippen LogP contribution in [-0.2, 0) is 4.79 Å². The van der Waals surface area contributed by atoms with Crippen molar-refractivity contribution >= 4 is 5.97 Å². The van der Waals surface area contributed by atoms with Gasteiger partial charge in [-0.15, -0.1) is 0 Å². The van der Waals surface area contributed by atoms with Crippen LogP contribution in [0.1, 0.15) is 45.4 Å². The fourth-order valence-electron chi connectivity index (χ4n) is 1.90. The molecule has 0 unspecified atom stereocenters. The van der Waals surface area contributed by atoms with E-state index in [0.717, 1.165) is 12.8 Å². The summed E-state index contributed by atoms with van der Waals surface area (Å²) in [5, 5.41) is 28.0. The maximum Gasteiger partial charge on any atom is 0.303 e. The first-order valence-corrected chi connectivity index (χ1v) is 9.10. The largest absolute Gasteiger partial charge is 0.481 e. The third-order valence-electron chi connectivity index (χ3n) is 3.29. The Bertz CT molecular complexity index is 524. The van der Waals surface area contributed by atoms with Crippen LogP contribution in [0.4, 0.5) is 0 Å². The predicted molar refractivity (Wildman–Crippen MR) is 108 cm³/mol. The lowest BCUT2D eigenvalue weighted by atomic mass is 10.2. The first kappa shape index (κ1) is 23.8. The summed E-state index contributed by atoms with van der Waals surface area (Å²) in [4.78, 5) is 10.3. The number of allylic oxidation sites excluding steroid dienone is 8. The Hall–Kier alpha value is -2.17. The summed E-state index contributed by atoms with van der Waals surface area (Å²) >= 11 is 0. The van der Waals surface area contributed by atoms with E-state index < -0.39 is 18.2 Å². The zero-order chi connectivity index (χ0) is 19.5. The van der Waals surface area contributed by atoms with Gasteiger partial charge in [0.05, 0.1) is 12.2 Å². The van der Waals surface area contributed by atoms with Gasteiger partial charge in [0.2, 0.25) is 0 Å².